The molecule has 2 rings (SSSR count). The first kappa shape index (κ1) is 12.3. The molecule has 0 N–H and O–H groups in total. The molecule has 1 heterocycles. The van der Waals surface area contributed by atoms with Gasteiger partial charge in [-0.1, -0.05) is 12.1 Å². The molecule has 5 heteroatoms. The lowest BCUT2D eigenvalue weighted by atomic mass is 10.0. The van der Waals surface area contributed by atoms with Gasteiger partial charge in [-0.2, -0.15) is 0 Å². The van der Waals surface area contributed by atoms with Gasteiger partial charge in [0.15, 0.2) is 9.84 Å². The number of ether oxygens (including phenoxy) is 1. The molecule has 0 amide bonds. The van der Waals surface area contributed by atoms with Gasteiger partial charge in [-0.05, 0) is 18.6 Å². The fourth-order valence-corrected chi connectivity index (χ4v) is 3.87. The summed E-state index contributed by atoms with van der Waals surface area (Å²) in [6.07, 6.45) is -0.123. The second-order valence-electron chi connectivity index (χ2n) is 4.26. The largest absolute Gasteiger partial charge is 0.376 e. The van der Waals surface area contributed by atoms with E-state index in [0.717, 1.165) is 5.56 Å². The molecule has 0 bridgehead atoms. The average molecular weight is 254 g/mol. The lowest BCUT2D eigenvalue weighted by Gasteiger charge is -2.07. The van der Waals surface area contributed by atoms with E-state index in [2.05, 4.69) is 0 Å². The number of fused-ring (bicyclic) bond motifs is 1. The standard InChI is InChI=1S/C12H14O4S/c1-8(13)5-9-3-4-10-11(16-2)7-17(14,15)12(10)6-9/h3-4,6,11H,5,7H2,1-2H3. The second kappa shape index (κ2) is 4.23. The Morgan fingerprint density at radius 2 is 2.18 bits per heavy atom. The first-order chi connectivity index (χ1) is 7.94. The fraction of sp³-hybridized carbons (Fsp3) is 0.417. The van der Waals surface area contributed by atoms with Crippen LogP contribution >= 0.6 is 0 Å². The van der Waals surface area contributed by atoms with E-state index in [-0.39, 0.29) is 24.1 Å². The minimum absolute atomic E-state index is 0.0115. The van der Waals surface area contributed by atoms with E-state index in [9.17, 15) is 13.2 Å². The maximum Gasteiger partial charge on any atom is 0.181 e. The number of carbonyl (C=O) groups excluding carboxylic acids is 1. The molecule has 0 radical (unpaired) electrons. The van der Waals surface area contributed by atoms with Crippen LogP contribution < -0.4 is 0 Å². The molecule has 0 aliphatic carbocycles. The minimum atomic E-state index is -3.26. The number of carbonyl (C=O) groups is 1. The Kier molecular flexibility index (Phi) is 3.05. The topological polar surface area (TPSA) is 60.4 Å². The highest BCUT2D eigenvalue weighted by Crippen LogP contribution is 2.35. The number of benzene rings is 1. The van der Waals surface area contributed by atoms with Gasteiger partial charge in [0.1, 0.15) is 5.78 Å². The SMILES string of the molecule is COC1CS(=O)(=O)c2cc(CC(C)=O)ccc21. The molecule has 0 aromatic heterocycles. The van der Waals surface area contributed by atoms with Gasteiger partial charge in [0, 0.05) is 19.1 Å². The Hall–Kier alpha value is -1.20. The fourth-order valence-electron chi connectivity index (χ4n) is 2.09. The van der Waals surface area contributed by atoms with Crippen molar-refractivity contribution in [2.24, 2.45) is 0 Å². The first-order valence-corrected chi connectivity index (χ1v) is 6.97. The molecule has 1 aromatic carbocycles. The molecule has 0 saturated carbocycles. The molecular weight excluding hydrogens is 240 g/mol. The normalized spacial score (nSPS) is 21.2. The number of Topliss-reactive ketones (excluding diaryl/α,β-unsaturated/α-hetero) is 1. The van der Waals surface area contributed by atoms with Crippen molar-refractivity contribution in [3.63, 3.8) is 0 Å². The van der Waals surface area contributed by atoms with Gasteiger partial charge >= 0.3 is 0 Å². The van der Waals surface area contributed by atoms with Crippen molar-refractivity contribution in [2.75, 3.05) is 12.9 Å². The van der Waals surface area contributed by atoms with Crippen LogP contribution in [0.5, 0.6) is 0 Å². The Labute approximate surface area is 101 Å². The highest BCUT2D eigenvalue weighted by Gasteiger charge is 2.34. The average Bonchev–Trinajstić information content (AvgIpc) is 2.50. The van der Waals surface area contributed by atoms with Gasteiger partial charge < -0.3 is 4.74 Å². The molecule has 1 atom stereocenters. The van der Waals surface area contributed by atoms with Crippen LogP contribution in [0, 0.1) is 0 Å². The van der Waals surface area contributed by atoms with Crippen molar-refractivity contribution in [2.45, 2.75) is 24.3 Å². The molecule has 1 aliphatic rings. The van der Waals surface area contributed by atoms with Gasteiger partial charge in [0.2, 0.25) is 0 Å². The summed E-state index contributed by atoms with van der Waals surface area (Å²) in [5.74, 6) is 0.00571. The molecular formula is C12H14O4S. The third-order valence-corrected chi connectivity index (χ3v) is 4.63. The number of ketones is 1. The smallest absolute Gasteiger partial charge is 0.181 e. The number of rotatable bonds is 3. The van der Waals surface area contributed by atoms with Crippen LogP contribution in [0.4, 0.5) is 0 Å². The zero-order valence-electron chi connectivity index (χ0n) is 9.76. The second-order valence-corrected chi connectivity index (χ2v) is 6.26. The summed E-state index contributed by atoms with van der Waals surface area (Å²) < 4.78 is 28.9. The van der Waals surface area contributed by atoms with Crippen molar-refractivity contribution in [3.05, 3.63) is 29.3 Å². The molecule has 1 aliphatic heterocycles. The summed E-state index contributed by atoms with van der Waals surface area (Å²) in [4.78, 5) is 11.3. The molecule has 0 spiro atoms. The van der Waals surface area contributed by atoms with E-state index in [4.69, 9.17) is 4.74 Å². The molecule has 4 nitrogen and oxygen atoms in total. The van der Waals surface area contributed by atoms with Crippen molar-refractivity contribution >= 4 is 15.6 Å². The Morgan fingerprint density at radius 3 is 2.76 bits per heavy atom. The van der Waals surface area contributed by atoms with Gasteiger partial charge in [-0.15, -0.1) is 0 Å². The lowest BCUT2D eigenvalue weighted by molar-refractivity contribution is -0.116. The Bertz CT molecular complexity index is 560. The van der Waals surface area contributed by atoms with Crippen LogP contribution in [-0.2, 0) is 25.8 Å². The van der Waals surface area contributed by atoms with E-state index in [1.54, 1.807) is 18.2 Å². The van der Waals surface area contributed by atoms with Crippen LogP contribution in [0.2, 0.25) is 0 Å². The summed E-state index contributed by atoms with van der Waals surface area (Å²) in [7, 11) is -1.76. The van der Waals surface area contributed by atoms with Gasteiger partial charge in [0.05, 0.1) is 16.8 Å². The van der Waals surface area contributed by atoms with Gasteiger partial charge in [-0.25, -0.2) is 8.42 Å². The van der Waals surface area contributed by atoms with Crippen LogP contribution in [0.3, 0.4) is 0 Å². The first-order valence-electron chi connectivity index (χ1n) is 5.32. The summed E-state index contributed by atoms with van der Waals surface area (Å²) >= 11 is 0. The summed E-state index contributed by atoms with van der Waals surface area (Å²) in [6, 6.07) is 5.12. The van der Waals surface area contributed by atoms with Crippen LogP contribution in [0.25, 0.3) is 0 Å². The molecule has 0 saturated heterocycles. The minimum Gasteiger partial charge on any atom is -0.376 e. The van der Waals surface area contributed by atoms with Crippen molar-refractivity contribution in [1.82, 2.24) is 0 Å². The van der Waals surface area contributed by atoms with E-state index in [0.29, 0.717) is 10.5 Å². The Morgan fingerprint density at radius 1 is 1.47 bits per heavy atom. The molecule has 1 aromatic rings. The molecule has 0 fully saturated rings. The summed E-state index contributed by atoms with van der Waals surface area (Å²) in [5, 5.41) is 0. The predicted octanol–water partition coefficient (Wildman–Crippen LogP) is 1.29. The lowest BCUT2D eigenvalue weighted by Crippen LogP contribution is -2.04. The quantitative estimate of drug-likeness (QED) is 0.815. The third kappa shape index (κ3) is 2.25. The number of hydrogen-bond acceptors (Lipinski definition) is 4. The summed E-state index contributed by atoms with van der Waals surface area (Å²) in [5.41, 5.74) is 1.43. The predicted molar refractivity (Wildman–Crippen MR) is 62.6 cm³/mol. The van der Waals surface area contributed by atoms with Gasteiger partial charge in [0.25, 0.3) is 0 Å². The Balaban J connectivity index is 2.48. The van der Waals surface area contributed by atoms with E-state index in [1.807, 2.05) is 0 Å². The molecule has 17 heavy (non-hydrogen) atoms. The molecule has 1 unspecified atom stereocenters. The van der Waals surface area contributed by atoms with Crippen LogP contribution in [0.1, 0.15) is 24.2 Å². The van der Waals surface area contributed by atoms with E-state index >= 15 is 0 Å². The number of hydrogen-bond donors (Lipinski definition) is 0. The van der Waals surface area contributed by atoms with Crippen molar-refractivity contribution < 1.29 is 17.9 Å². The highest BCUT2D eigenvalue weighted by molar-refractivity contribution is 7.91. The monoisotopic (exact) mass is 254 g/mol. The maximum atomic E-state index is 11.9. The van der Waals surface area contributed by atoms with Crippen LogP contribution in [0.15, 0.2) is 23.1 Å². The van der Waals surface area contributed by atoms with E-state index in [1.165, 1.54) is 14.0 Å². The highest BCUT2D eigenvalue weighted by atomic mass is 32.2. The molecule has 92 valence electrons. The van der Waals surface area contributed by atoms with Crippen LogP contribution in [-0.4, -0.2) is 27.1 Å². The van der Waals surface area contributed by atoms with Gasteiger partial charge in [-0.3, -0.25) is 4.79 Å². The van der Waals surface area contributed by atoms with Crippen molar-refractivity contribution in [3.8, 4) is 0 Å². The summed E-state index contributed by atoms with van der Waals surface area (Å²) in [6.45, 7) is 1.49. The van der Waals surface area contributed by atoms with Crippen molar-refractivity contribution in [1.29, 1.82) is 0 Å². The number of sulfone groups is 1. The zero-order chi connectivity index (χ0) is 12.6. The third-order valence-electron chi connectivity index (χ3n) is 2.87. The maximum absolute atomic E-state index is 11.9. The number of methoxy groups -OCH3 is 1. The van der Waals surface area contributed by atoms with E-state index < -0.39 is 9.84 Å². The zero-order valence-corrected chi connectivity index (χ0v) is 10.6.